The van der Waals surface area contributed by atoms with E-state index in [1.165, 1.54) is 24.3 Å². The summed E-state index contributed by atoms with van der Waals surface area (Å²) in [6.45, 7) is 1.52. The topological polar surface area (TPSA) is 30.5 Å². The van der Waals surface area contributed by atoms with Crippen molar-refractivity contribution in [2.45, 2.75) is 25.0 Å². The van der Waals surface area contributed by atoms with Gasteiger partial charge in [-0.05, 0) is 36.5 Å². The fourth-order valence-electron chi connectivity index (χ4n) is 2.36. The number of rotatable bonds is 3. The maximum absolute atomic E-state index is 5.93. The monoisotopic (exact) mass is 265 g/mol. The Balaban J connectivity index is 1.50. The Morgan fingerprint density at radius 3 is 2.78 bits per heavy atom. The van der Waals surface area contributed by atoms with Gasteiger partial charge < -0.3 is 14.8 Å². The van der Waals surface area contributed by atoms with Gasteiger partial charge in [-0.15, -0.1) is 0 Å². The summed E-state index contributed by atoms with van der Waals surface area (Å²) >= 11 is 2.05. The van der Waals surface area contributed by atoms with Gasteiger partial charge in [0.25, 0.3) is 0 Å². The Labute approximate surface area is 112 Å². The quantitative estimate of drug-likeness (QED) is 0.908. The standard InChI is InChI=1S/C14H19NO2S/c1-2-4-14-13(3-1)16-10-12(17-14)9-15-11-5-7-18-8-6-11/h1-4,11-12,15H,5-10H2. The highest BCUT2D eigenvalue weighted by Gasteiger charge is 2.22. The molecule has 1 atom stereocenters. The molecule has 98 valence electrons. The van der Waals surface area contributed by atoms with E-state index in [1.807, 2.05) is 24.3 Å². The van der Waals surface area contributed by atoms with Crippen molar-refractivity contribution in [1.29, 1.82) is 0 Å². The Morgan fingerprint density at radius 2 is 1.94 bits per heavy atom. The molecule has 2 aliphatic heterocycles. The Morgan fingerprint density at radius 1 is 1.17 bits per heavy atom. The second-order valence-corrected chi connectivity index (χ2v) is 6.02. The van der Waals surface area contributed by atoms with E-state index in [9.17, 15) is 0 Å². The summed E-state index contributed by atoms with van der Waals surface area (Å²) in [4.78, 5) is 0. The van der Waals surface area contributed by atoms with Crippen LogP contribution in [-0.2, 0) is 0 Å². The lowest BCUT2D eigenvalue weighted by Crippen LogP contribution is -2.43. The van der Waals surface area contributed by atoms with Crippen molar-refractivity contribution in [2.24, 2.45) is 0 Å². The van der Waals surface area contributed by atoms with Crippen LogP contribution in [0.25, 0.3) is 0 Å². The molecule has 18 heavy (non-hydrogen) atoms. The fraction of sp³-hybridized carbons (Fsp3) is 0.571. The van der Waals surface area contributed by atoms with Crippen molar-refractivity contribution in [1.82, 2.24) is 5.32 Å². The molecule has 0 spiro atoms. The number of ether oxygens (including phenoxy) is 2. The van der Waals surface area contributed by atoms with Crippen LogP contribution in [0.3, 0.4) is 0 Å². The lowest BCUT2D eigenvalue weighted by Gasteiger charge is -2.29. The van der Waals surface area contributed by atoms with Crippen LogP contribution in [0.4, 0.5) is 0 Å². The van der Waals surface area contributed by atoms with Gasteiger partial charge in [0.2, 0.25) is 0 Å². The predicted octanol–water partition coefficient (Wildman–Crippen LogP) is 2.31. The highest BCUT2D eigenvalue weighted by Crippen LogP contribution is 2.30. The van der Waals surface area contributed by atoms with Crippen molar-refractivity contribution in [2.75, 3.05) is 24.7 Å². The van der Waals surface area contributed by atoms with Crippen LogP contribution in [0.2, 0.25) is 0 Å². The third-order valence-electron chi connectivity index (χ3n) is 3.42. The summed E-state index contributed by atoms with van der Waals surface area (Å²) in [7, 11) is 0. The number of hydrogen-bond acceptors (Lipinski definition) is 4. The summed E-state index contributed by atoms with van der Waals surface area (Å²) < 4.78 is 11.6. The summed E-state index contributed by atoms with van der Waals surface area (Å²) in [5.74, 6) is 4.29. The highest BCUT2D eigenvalue weighted by molar-refractivity contribution is 7.99. The van der Waals surface area contributed by atoms with E-state index in [0.717, 1.165) is 18.0 Å². The largest absolute Gasteiger partial charge is 0.486 e. The van der Waals surface area contributed by atoms with Gasteiger partial charge >= 0.3 is 0 Å². The molecule has 0 aliphatic carbocycles. The van der Waals surface area contributed by atoms with E-state index in [0.29, 0.717) is 12.6 Å². The van der Waals surface area contributed by atoms with Crippen LogP contribution in [0.15, 0.2) is 24.3 Å². The Hall–Kier alpha value is -0.870. The van der Waals surface area contributed by atoms with Gasteiger partial charge in [-0.3, -0.25) is 0 Å². The molecule has 1 aromatic carbocycles. The highest BCUT2D eigenvalue weighted by atomic mass is 32.2. The van der Waals surface area contributed by atoms with E-state index in [-0.39, 0.29) is 6.10 Å². The van der Waals surface area contributed by atoms with E-state index < -0.39 is 0 Å². The third kappa shape index (κ3) is 2.93. The minimum Gasteiger partial charge on any atom is -0.486 e. The summed E-state index contributed by atoms with van der Waals surface area (Å²) in [6.07, 6.45) is 2.68. The normalized spacial score (nSPS) is 23.9. The van der Waals surface area contributed by atoms with Crippen molar-refractivity contribution in [3.8, 4) is 11.5 Å². The third-order valence-corrected chi connectivity index (χ3v) is 4.47. The molecule has 1 N–H and O–H groups in total. The zero-order valence-corrected chi connectivity index (χ0v) is 11.2. The first-order valence-corrected chi connectivity index (χ1v) is 7.77. The second-order valence-electron chi connectivity index (χ2n) is 4.79. The van der Waals surface area contributed by atoms with Gasteiger partial charge in [0.1, 0.15) is 12.7 Å². The van der Waals surface area contributed by atoms with Gasteiger partial charge in [0.15, 0.2) is 11.5 Å². The molecule has 2 heterocycles. The van der Waals surface area contributed by atoms with Gasteiger partial charge in [-0.25, -0.2) is 0 Å². The van der Waals surface area contributed by atoms with Crippen LogP contribution in [-0.4, -0.2) is 36.8 Å². The van der Waals surface area contributed by atoms with Gasteiger partial charge in [-0.2, -0.15) is 11.8 Å². The second kappa shape index (κ2) is 5.85. The molecule has 3 nitrogen and oxygen atoms in total. The van der Waals surface area contributed by atoms with E-state index in [2.05, 4.69) is 17.1 Å². The van der Waals surface area contributed by atoms with Crippen molar-refractivity contribution in [3.05, 3.63) is 24.3 Å². The maximum atomic E-state index is 5.93. The molecule has 0 saturated carbocycles. The van der Waals surface area contributed by atoms with Gasteiger partial charge in [0, 0.05) is 12.6 Å². The van der Waals surface area contributed by atoms with Gasteiger partial charge in [-0.1, -0.05) is 12.1 Å². The number of para-hydroxylation sites is 2. The first kappa shape index (κ1) is 12.2. The predicted molar refractivity (Wildman–Crippen MR) is 74.7 cm³/mol. The first-order chi connectivity index (χ1) is 8.92. The Bertz CT molecular complexity index is 393. The molecule has 0 amide bonds. The van der Waals surface area contributed by atoms with Crippen LogP contribution >= 0.6 is 11.8 Å². The summed E-state index contributed by atoms with van der Waals surface area (Å²) in [5.41, 5.74) is 0. The van der Waals surface area contributed by atoms with Crippen LogP contribution in [0.1, 0.15) is 12.8 Å². The maximum Gasteiger partial charge on any atom is 0.161 e. The van der Waals surface area contributed by atoms with E-state index >= 15 is 0 Å². The minimum absolute atomic E-state index is 0.134. The van der Waals surface area contributed by atoms with E-state index in [4.69, 9.17) is 9.47 Å². The van der Waals surface area contributed by atoms with Crippen molar-refractivity contribution < 1.29 is 9.47 Å². The summed E-state index contributed by atoms with van der Waals surface area (Å²) in [5, 5.41) is 3.60. The Kier molecular flexibility index (Phi) is 3.96. The molecular weight excluding hydrogens is 246 g/mol. The van der Waals surface area contributed by atoms with Crippen LogP contribution in [0, 0.1) is 0 Å². The van der Waals surface area contributed by atoms with E-state index in [1.54, 1.807) is 0 Å². The average molecular weight is 265 g/mol. The van der Waals surface area contributed by atoms with Gasteiger partial charge in [0.05, 0.1) is 0 Å². The fourth-order valence-corrected chi connectivity index (χ4v) is 3.47. The molecule has 1 unspecified atom stereocenters. The SMILES string of the molecule is c1ccc2c(c1)OCC(CNC1CCSCC1)O2. The molecule has 1 saturated heterocycles. The molecular formula is C14H19NO2S. The van der Waals surface area contributed by atoms with Crippen molar-refractivity contribution >= 4 is 11.8 Å². The molecule has 0 aromatic heterocycles. The molecule has 1 fully saturated rings. The molecule has 4 heteroatoms. The molecule has 0 bridgehead atoms. The van der Waals surface area contributed by atoms with Crippen molar-refractivity contribution in [3.63, 3.8) is 0 Å². The molecule has 2 aliphatic rings. The number of benzene rings is 1. The number of hydrogen-bond donors (Lipinski definition) is 1. The minimum atomic E-state index is 0.134. The number of fused-ring (bicyclic) bond motifs is 1. The zero-order chi connectivity index (χ0) is 12.2. The lowest BCUT2D eigenvalue weighted by molar-refractivity contribution is 0.0879. The van der Waals surface area contributed by atoms with Crippen LogP contribution < -0.4 is 14.8 Å². The average Bonchev–Trinajstić information content (AvgIpc) is 2.46. The molecule has 0 radical (unpaired) electrons. The molecule has 1 aromatic rings. The van der Waals surface area contributed by atoms with Crippen LogP contribution in [0.5, 0.6) is 11.5 Å². The zero-order valence-electron chi connectivity index (χ0n) is 10.4. The smallest absolute Gasteiger partial charge is 0.161 e. The first-order valence-electron chi connectivity index (χ1n) is 6.61. The summed E-state index contributed by atoms with van der Waals surface area (Å²) in [6, 6.07) is 8.54. The molecule has 3 rings (SSSR count). The number of nitrogens with one attached hydrogen (secondary N) is 1. The number of thioether (sulfide) groups is 1. The lowest BCUT2D eigenvalue weighted by atomic mass is 10.1.